The van der Waals surface area contributed by atoms with Crippen molar-refractivity contribution in [3.05, 3.63) is 35.1 Å². The molecule has 5 atom stereocenters. The minimum atomic E-state index is -1.87. The van der Waals surface area contributed by atoms with Gasteiger partial charge in [0.1, 0.15) is 5.76 Å². The molecule has 1 aromatic carbocycles. The first-order chi connectivity index (χ1) is 16.2. The van der Waals surface area contributed by atoms with Crippen LogP contribution in [0.4, 0.5) is 0 Å². The van der Waals surface area contributed by atoms with E-state index in [9.17, 15) is 24.6 Å². The predicted octanol–water partition coefficient (Wildman–Crippen LogP) is 0.991. The molecular weight excluding hydrogens is 448 g/mol. The van der Waals surface area contributed by atoms with Crippen molar-refractivity contribution in [2.45, 2.75) is 61.7 Å². The molecule has 0 saturated heterocycles. The third-order valence-electron chi connectivity index (χ3n) is 7.67. The zero-order chi connectivity index (χ0) is 24.3. The summed E-state index contributed by atoms with van der Waals surface area (Å²) in [6.07, 6.45) is 1.73. The van der Waals surface area contributed by atoms with E-state index in [0.717, 1.165) is 30.4 Å². The first-order valence-corrected chi connectivity index (χ1v) is 11.3. The summed E-state index contributed by atoms with van der Waals surface area (Å²) in [4.78, 5) is 34.8. The highest BCUT2D eigenvalue weighted by Crippen LogP contribution is 2.67. The summed E-state index contributed by atoms with van der Waals surface area (Å²) in [6, 6.07) is 3.85. The maximum Gasteiger partial charge on any atom is 0.341 e. The highest BCUT2D eigenvalue weighted by molar-refractivity contribution is 5.83. The number of hydrogen-bond acceptors (Lipinski definition) is 9. The third-order valence-corrected chi connectivity index (χ3v) is 7.67. The van der Waals surface area contributed by atoms with Gasteiger partial charge in [-0.15, -0.1) is 0 Å². The average molecular weight is 474 g/mol. The molecule has 3 aliphatic carbocycles. The van der Waals surface area contributed by atoms with Crippen molar-refractivity contribution in [2.24, 2.45) is 5.92 Å². The van der Waals surface area contributed by atoms with Gasteiger partial charge in [0, 0.05) is 5.56 Å². The Hall–Kier alpha value is -3.11. The number of hydrogen-bond donors (Lipinski definition) is 3. The predicted molar refractivity (Wildman–Crippen MR) is 113 cm³/mol. The average Bonchev–Trinajstić information content (AvgIpc) is 3.14. The van der Waals surface area contributed by atoms with Gasteiger partial charge in [-0.3, -0.25) is 4.79 Å². The van der Waals surface area contributed by atoms with Gasteiger partial charge in [0.05, 0.1) is 24.5 Å². The standard InChI is InChI=1S/C24H26O10/c1-31-15-5-4-12-9-13-3-2-7-23-19(12)20(15)34-21(23)16(6-8-24(13,23)30)33-18(28)10-14(25)22(29)32-11-17(26)27/h4-6,13-14,21,25,30H,2-3,7-11H2,1H3,(H,26,27)/t13-,14+,21+,23+,24-/m1/s1. The largest absolute Gasteiger partial charge is 0.493 e. The van der Waals surface area contributed by atoms with Crippen LogP contribution < -0.4 is 9.47 Å². The fourth-order valence-electron chi connectivity index (χ4n) is 6.33. The summed E-state index contributed by atoms with van der Waals surface area (Å²) < 4.78 is 21.8. The molecule has 2 bridgehead atoms. The highest BCUT2D eigenvalue weighted by atomic mass is 16.6. The Morgan fingerprint density at radius 1 is 1.29 bits per heavy atom. The van der Waals surface area contributed by atoms with E-state index in [4.69, 9.17) is 19.3 Å². The first kappa shape index (κ1) is 22.7. The zero-order valence-electron chi connectivity index (χ0n) is 18.6. The topological polar surface area (TPSA) is 149 Å². The first-order valence-electron chi connectivity index (χ1n) is 11.3. The minimum Gasteiger partial charge on any atom is -0.493 e. The van der Waals surface area contributed by atoms with Gasteiger partial charge in [-0.2, -0.15) is 0 Å². The third kappa shape index (κ3) is 3.12. The molecule has 0 aromatic heterocycles. The van der Waals surface area contributed by atoms with Gasteiger partial charge in [0.15, 0.2) is 30.3 Å². The van der Waals surface area contributed by atoms with Crippen molar-refractivity contribution >= 4 is 17.9 Å². The second-order valence-electron chi connectivity index (χ2n) is 9.32. The number of methoxy groups -OCH3 is 1. The molecule has 3 N–H and O–H groups in total. The second-order valence-corrected chi connectivity index (χ2v) is 9.32. The number of aliphatic hydroxyl groups is 2. The van der Waals surface area contributed by atoms with Crippen LogP contribution in [0.25, 0.3) is 0 Å². The molecule has 1 spiro atoms. The Bertz CT molecular complexity index is 1090. The van der Waals surface area contributed by atoms with Crippen LogP contribution in [0.15, 0.2) is 24.0 Å². The van der Waals surface area contributed by atoms with Crippen molar-refractivity contribution in [1.82, 2.24) is 0 Å². The number of benzene rings is 1. The van der Waals surface area contributed by atoms with Gasteiger partial charge in [-0.05, 0) is 49.3 Å². The van der Waals surface area contributed by atoms with Gasteiger partial charge < -0.3 is 34.3 Å². The maximum absolute atomic E-state index is 12.6. The molecule has 0 unspecified atom stereocenters. The molecule has 1 heterocycles. The van der Waals surface area contributed by atoms with E-state index in [2.05, 4.69) is 4.74 Å². The summed E-state index contributed by atoms with van der Waals surface area (Å²) in [5, 5.41) is 30.5. The number of carbonyl (C=O) groups excluding carboxylic acids is 2. The van der Waals surface area contributed by atoms with E-state index in [1.807, 2.05) is 12.1 Å². The molecule has 1 saturated carbocycles. The van der Waals surface area contributed by atoms with Crippen LogP contribution in [0.2, 0.25) is 0 Å². The second kappa shape index (κ2) is 7.99. The van der Waals surface area contributed by atoms with Crippen molar-refractivity contribution in [1.29, 1.82) is 0 Å². The van der Waals surface area contributed by atoms with Crippen LogP contribution in [-0.4, -0.2) is 64.8 Å². The number of aliphatic hydroxyl groups excluding tert-OH is 1. The molecule has 0 radical (unpaired) electrons. The van der Waals surface area contributed by atoms with Gasteiger partial charge >= 0.3 is 17.9 Å². The van der Waals surface area contributed by atoms with Crippen LogP contribution in [-0.2, 0) is 35.7 Å². The van der Waals surface area contributed by atoms with E-state index in [0.29, 0.717) is 17.9 Å². The lowest BCUT2D eigenvalue weighted by Crippen LogP contribution is -2.67. The summed E-state index contributed by atoms with van der Waals surface area (Å²) >= 11 is 0. The molecule has 0 amide bonds. The van der Waals surface area contributed by atoms with Crippen LogP contribution in [0, 0.1) is 5.92 Å². The van der Waals surface area contributed by atoms with Crippen molar-refractivity contribution in [2.75, 3.05) is 13.7 Å². The number of carbonyl (C=O) groups is 3. The lowest BCUT2D eigenvalue weighted by Gasteiger charge is -2.59. The monoisotopic (exact) mass is 474 g/mol. The molecule has 10 nitrogen and oxygen atoms in total. The van der Waals surface area contributed by atoms with Gasteiger partial charge in [0.25, 0.3) is 0 Å². The summed E-state index contributed by atoms with van der Waals surface area (Å²) in [7, 11) is 1.54. The van der Waals surface area contributed by atoms with Crippen LogP contribution >= 0.6 is 0 Å². The number of carboxylic acids is 1. The number of carboxylic acid groups (broad SMARTS) is 1. The van der Waals surface area contributed by atoms with E-state index in [1.165, 1.54) is 0 Å². The van der Waals surface area contributed by atoms with Gasteiger partial charge in [-0.1, -0.05) is 12.5 Å². The van der Waals surface area contributed by atoms with Crippen LogP contribution in [0.1, 0.15) is 43.2 Å². The number of aliphatic carboxylic acids is 1. The SMILES string of the molecule is COc1ccc2c3c1O[C@H]1C(OC(=O)C[C@H](O)C(=O)OCC(=O)O)=CC[C@@]4(O)[C@H](CCC[C@]314)C2. The molecule has 5 rings (SSSR count). The number of esters is 2. The summed E-state index contributed by atoms with van der Waals surface area (Å²) in [5.41, 5.74) is 0.152. The van der Waals surface area contributed by atoms with Crippen molar-refractivity contribution in [3.63, 3.8) is 0 Å². The lowest BCUT2D eigenvalue weighted by atomic mass is 9.47. The Labute approximate surface area is 195 Å². The molecule has 4 aliphatic rings. The molecule has 10 heteroatoms. The fraction of sp³-hybridized carbons (Fsp3) is 0.542. The molecule has 34 heavy (non-hydrogen) atoms. The Morgan fingerprint density at radius 3 is 2.82 bits per heavy atom. The van der Waals surface area contributed by atoms with E-state index < -0.39 is 54.2 Å². The van der Waals surface area contributed by atoms with Crippen molar-refractivity contribution in [3.8, 4) is 11.5 Å². The molecule has 1 aromatic rings. The Morgan fingerprint density at radius 2 is 2.09 bits per heavy atom. The van der Waals surface area contributed by atoms with Crippen molar-refractivity contribution < 1.29 is 48.7 Å². The normalized spacial score (nSPS) is 30.9. The Balaban J connectivity index is 1.43. The molecule has 1 aliphatic heterocycles. The molecular formula is C24H26O10. The smallest absolute Gasteiger partial charge is 0.341 e. The lowest BCUT2D eigenvalue weighted by molar-refractivity contribution is -0.167. The van der Waals surface area contributed by atoms with E-state index in [1.54, 1.807) is 13.2 Å². The zero-order valence-corrected chi connectivity index (χ0v) is 18.6. The molecule has 182 valence electrons. The van der Waals surface area contributed by atoms with Crippen LogP contribution in [0.5, 0.6) is 11.5 Å². The number of ether oxygens (including phenoxy) is 4. The summed E-state index contributed by atoms with van der Waals surface area (Å²) in [6.45, 7) is -0.920. The Kier molecular flexibility index (Phi) is 5.33. The summed E-state index contributed by atoms with van der Waals surface area (Å²) in [5.74, 6) is -2.17. The van der Waals surface area contributed by atoms with E-state index in [-0.39, 0.29) is 18.1 Å². The fourth-order valence-corrected chi connectivity index (χ4v) is 6.33. The van der Waals surface area contributed by atoms with Crippen LogP contribution in [0.3, 0.4) is 0 Å². The van der Waals surface area contributed by atoms with E-state index >= 15 is 0 Å². The maximum atomic E-state index is 12.6. The van der Waals surface area contributed by atoms with Gasteiger partial charge in [0.2, 0.25) is 0 Å². The number of rotatable bonds is 7. The minimum absolute atomic E-state index is 0.0403. The van der Waals surface area contributed by atoms with Gasteiger partial charge in [-0.25, -0.2) is 9.59 Å². The quantitative estimate of drug-likeness (QED) is 0.489. The highest BCUT2D eigenvalue weighted by Gasteiger charge is 2.70. The molecule has 1 fully saturated rings.